The largest absolute Gasteiger partial charge is 0.354 e. The van der Waals surface area contributed by atoms with E-state index in [4.69, 9.17) is 0 Å². The molecule has 2 atom stereocenters. The van der Waals surface area contributed by atoms with Gasteiger partial charge in [-0.2, -0.15) is 0 Å². The van der Waals surface area contributed by atoms with Crippen LogP contribution in [0.1, 0.15) is 10.5 Å². The molecule has 20 heavy (non-hydrogen) atoms. The fourth-order valence-electron chi connectivity index (χ4n) is 2.88. The maximum Gasteiger partial charge on any atom is 0.267 e. The Kier molecular flexibility index (Phi) is 3.11. The van der Waals surface area contributed by atoms with E-state index in [1.54, 1.807) is 7.05 Å². The van der Waals surface area contributed by atoms with Gasteiger partial charge in [-0.25, -0.2) is 13.1 Å². The SMILES string of the molecule is CNC(=O)c1cc(S(=O)(=O)NC2C3CNCC32)cn1C. The Hall–Kier alpha value is -1.38. The second-order valence-corrected chi connectivity index (χ2v) is 7.10. The molecule has 1 aromatic rings. The highest BCUT2D eigenvalue weighted by Crippen LogP contribution is 2.42. The maximum atomic E-state index is 12.3. The molecule has 3 N–H and O–H groups in total. The minimum atomic E-state index is -3.56. The number of aromatic nitrogens is 1. The summed E-state index contributed by atoms with van der Waals surface area (Å²) in [6.45, 7) is 1.74. The van der Waals surface area contributed by atoms with E-state index in [1.807, 2.05) is 0 Å². The van der Waals surface area contributed by atoms with Gasteiger partial charge in [-0.1, -0.05) is 0 Å². The molecule has 7 nitrogen and oxygen atoms in total. The summed E-state index contributed by atoms with van der Waals surface area (Å²) in [7, 11) is -0.395. The number of amides is 1. The van der Waals surface area contributed by atoms with Crippen molar-refractivity contribution in [3.63, 3.8) is 0 Å². The first-order valence-electron chi connectivity index (χ1n) is 6.55. The molecule has 0 bridgehead atoms. The first kappa shape index (κ1) is 13.6. The van der Waals surface area contributed by atoms with E-state index in [1.165, 1.54) is 23.9 Å². The Morgan fingerprint density at radius 1 is 1.40 bits per heavy atom. The zero-order valence-electron chi connectivity index (χ0n) is 11.4. The summed E-state index contributed by atoms with van der Waals surface area (Å²) in [5.74, 6) is 0.514. The number of rotatable bonds is 4. The van der Waals surface area contributed by atoms with Crippen LogP contribution in [0.3, 0.4) is 0 Å². The Balaban J connectivity index is 1.79. The molecule has 1 aliphatic heterocycles. The van der Waals surface area contributed by atoms with Crippen LogP contribution in [-0.2, 0) is 17.1 Å². The molecule has 2 heterocycles. The van der Waals surface area contributed by atoms with Gasteiger partial charge in [0.25, 0.3) is 5.91 Å². The van der Waals surface area contributed by atoms with Crippen molar-refractivity contribution >= 4 is 15.9 Å². The number of hydrogen-bond donors (Lipinski definition) is 3. The maximum absolute atomic E-state index is 12.3. The van der Waals surface area contributed by atoms with Gasteiger partial charge in [0.05, 0.1) is 0 Å². The van der Waals surface area contributed by atoms with Crippen molar-refractivity contribution < 1.29 is 13.2 Å². The molecule has 1 amide bonds. The smallest absolute Gasteiger partial charge is 0.267 e. The van der Waals surface area contributed by atoms with Gasteiger partial charge in [-0.3, -0.25) is 4.79 Å². The zero-order chi connectivity index (χ0) is 14.5. The summed E-state index contributed by atoms with van der Waals surface area (Å²) in [5, 5.41) is 5.71. The van der Waals surface area contributed by atoms with Gasteiger partial charge >= 0.3 is 0 Å². The van der Waals surface area contributed by atoms with Crippen LogP contribution in [0.25, 0.3) is 0 Å². The molecule has 1 saturated carbocycles. The number of carbonyl (C=O) groups excluding carboxylic acids is 1. The predicted molar refractivity (Wildman–Crippen MR) is 72.8 cm³/mol. The van der Waals surface area contributed by atoms with E-state index < -0.39 is 10.0 Å². The van der Waals surface area contributed by atoms with E-state index in [2.05, 4.69) is 15.4 Å². The third kappa shape index (κ3) is 2.13. The number of piperidine rings is 1. The fourth-order valence-corrected chi connectivity index (χ4v) is 4.28. The molecule has 110 valence electrons. The van der Waals surface area contributed by atoms with Gasteiger partial charge in [0.1, 0.15) is 10.6 Å². The van der Waals surface area contributed by atoms with Crippen LogP contribution in [0.15, 0.2) is 17.2 Å². The number of carbonyl (C=O) groups is 1. The summed E-state index contributed by atoms with van der Waals surface area (Å²) >= 11 is 0. The molecule has 0 spiro atoms. The van der Waals surface area contributed by atoms with Crippen molar-refractivity contribution in [2.24, 2.45) is 18.9 Å². The summed E-state index contributed by atoms with van der Waals surface area (Å²) < 4.78 is 28.9. The first-order chi connectivity index (χ1) is 9.44. The van der Waals surface area contributed by atoms with Gasteiger partial charge in [0.2, 0.25) is 10.0 Å². The minimum Gasteiger partial charge on any atom is -0.354 e. The van der Waals surface area contributed by atoms with Gasteiger partial charge in [-0.05, 0) is 31.0 Å². The fraction of sp³-hybridized carbons (Fsp3) is 0.583. The van der Waals surface area contributed by atoms with Gasteiger partial charge in [0.15, 0.2) is 0 Å². The molecule has 1 aromatic heterocycles. The lowest BCUT2D eigenvalue weighted by Gasteiger charge is -2.07. The van der Waals surface area contributed by atoms with Crippen LogP contribution in [-0.4, -0.2) is 45.1 Å². The van der Waals surface area contributed by atoms with Gasteiger partial charge in [0, 0.05) is 26.3 Å². The third-order valence-electron chi connectivity index (χ3n) is 4.13. The Morgan fingerprint density at radius 2 is 2.05 bits per heavy atom. The molecule has 3 rings (SSSR count). The number of fused-ring (bicyclic) bond motifs is 1. The number of sulfonamides is 1. The molecule has 0 aromatic carbocycles. The topological polar surface area (TPSA) is 92.2 Å². The first-order valence-corrected chi connectivity index (χ1v) is 8.04. The van der Waals surface area contributed by atoms with Crippen LogP contribution in [0, 0.1) is 11.8 Å². The lowest BCUT2D eigenvalue weighted by atomic mass is 10.4. The van der Waals surface area contributed by atoms with Crippen LogP contribution >= 0.6 is 0 Å². The van der Waals surface area contributed by atoms with E-state index in [0.717, 1.165) is 13.1 Å². The van der Waals surface area contributed by atoms with Crippen molar-refractivity contribution in [1.82, 2.24) is 19.9 Å². The third-order valence-corrected chi connectivity index (χ3v) is 5.56. The van der Waals surface area contributed by atoms with Crippen molar-refractivity contribution in [3.8, 4) is 0 Å². The van der Waals surface area contributed by atoms with Crippen molar-refractivity contribution in [3.05, 3.63) is 18.0 Å². The second-order valence-electron chi connectivity index (χ2n) is 5.38. The van der Waals surface area contributed by atoms with Crippen LogP contribution in [0.5, 0.6) is 0 Å². The van der Waals surface area contributed by atoms with Crippen molar-refractivity contribution in [2.45, 2.75) is 10.9 Å². The standard InChI is InChI=1S/C12H18N4O3S/c1-13-12(17)10-3-7(6-16(10)2)20(18,19)15-11-8-4-14-5-9(8)11/h3,6,8-9,11,14-15H,4-5H2,1-2H3,(H,13,17). The molecule has 0 radical (unpaired) electrons. The summed E-state index contributed by atoms with van der Waals surface area (Å²) in [4.78, 5) is 11.7. The zero-order valence-corrected chi connectivity index (χ0v) is 12.2. The molecule has 2 fully saturated rings. The average Bonchev–Trinajstić information content (AvgIpc) is 2.83. The number of nitrogens with one attached hydrogen (secondary N) is 3. The average molecular weight is 298 g/mol. The van der Waals surface area contributed by atoms with Gasteiger partial charge < -0.3 is 15.2 Å². The van der Waals surface area contributed by atoms with E-state index in [9.17, 15) is 13.2 Å². The Bertz CT molecular complexity index is 642. The lowest BCUT2D eigenvalue weighted by Crippen LogP contribution is -2.32. The van der Waals surface area contributed by atoms with E-state index in [0.29, 0.717) is 17.5 Å². The molecule has 2 unspecified atom stereocenters. The summed E-state index contributed by atoms with van der Waals surface area (Å²) in [6, 6.07) is 1.43. The van der Waals surface area contributed by atoms with Gasteiger partial charge in [-0.15, -0.1) is 0 Å². The van der Waals surface area contributed by atoms with E-state index >= 15 is 0 Å². The Morgan fingerprint density at radius 3 is 2.65 bits per heavy atom. The highest BCUT2D eigenvalue weighted by molar-refractivity contribution is 7.89. The van der Waals surface area contributed by atoms with E-state index in [-0.39, 0.29) is 16.8 Å². The summed E-state index contributed by atoms with van der Waals surface area (Å²) in [5.41, 5.74) is 0.325. The van der Waals surface area contributed by atoms with Crippen LogP contribution in [0.2, 0.25) is 0 Å². The predicted octanol–water partition coefficient (Wildman–Crippen LogP) is -1.12. The lowest BCUT2D eigenvalue weighted by molar-refractivity contribution is 0.0955. The highest BCUT2D eigenvalue weighted by Gasteiger charge is 2.54. The monoisotopic (exact) mass is 298 g/mol. The molecule has 1 saturated heterocycles. The Labute approximate surface area is 117 Å². The quantitative estimate of drug-likeness (QED) is 0.656. The second kappa shape index (κ2) is 4.57. The highest BCUT2D eigenvalue weighted by atomic mass is 32.2. The minimum absolute atomic E-state index is 0.0323. The van der Waals surface area contributed by atoms with Crippen molar-refractivity contribution in [2.75, 3.05) is 20.1 Å². The van der Waals surface area contributed by atoms with Crippen LogP contribution < -0.4 is 15.4 Å². The number of aryl methyl sites for hydroxylation is 1. The van der Waals surface area contributed by atoms with Crippen molar-refractivity contribution in [1.29, 1.82) is 0 Å². The number of hydrogen-bond acceptors (Lipinski definition) is 4. The summed E-state index contributed by atoms with van der Waals surface area (Å²) in [6.07, 6.45) is 1.46. The number of nitrogens with zero attached hydrogens (tertiary/aromatic N) is 1. The normalized spacial score (nSPS) is 28.2. The molecular formula is C12H18N4O3S. The molecule has 1 aliphatic carbocycles. The van der Waals surface area contributed by atoms with Crippen LogP contribution in [0.4, 0.5) is 0 Å². The molecule has 8 heteroatoms. The molecular weight excluding hydrogens is 280 g/mol. The molecule has 2 aliphatic rings.